The van der Waals surface area contributed by atoms with Crippen LogP contribution in [0.3, 0.4) is 0 Å². The van der Waals surface area contributed by atoms with Crippen LogP contribution in [-0.4, -0.2) is 40.0 Å². The Morgan fingerprint density at radius 2 is 2.12 bits per heavy atom. The molecule has 6 heteroatoms. The Bertz CT molecular complexity index is 695. The molecule has 0 spiro atoms. The number of amides is 1. The van der Waals surface area contributed by atoms with Crippen molar-refractivity contribution in [2.24, 2.45) is 7.05 Å². The van der Waals surface area contributed by atoms with Gasteiger partial charge in [-0.05, 0) is 36.6 Å². The molecule has 2 aromatic rings. The van der Waals surface area contributed by atoms with Crippen LogP contribution in [0.4, 0.5) is 0 Å². The normalized spacial score (nSPS) is 12.2. The fourth-order valence-corrected chi connectivity index (χ4v) is 2.24. The summed E-state index contributed by atoms with van der Waals surface area (Å²) in [4.78, 5) is 12.2. The Morgan fingerprint density at radius 3 is 2.75 bits per heavy atom. The highest BCUT2D eigenvalue weighted by atomic mass is 16.5. The van der Waals surface area contributed by atoms with Crippen LogP contribution in [0.15, 0.2) is 30.3 Å². The molecule has 1 amide bonds. The molecule has 0 saturated carbocycles. The van der Waals surface area contributed by atoms with Crippen LogP contribution in [0.5, 0.6) is 5.75 Å². The van der Waals surface area contributed by atoms with Gasteiger partial charge in [-0.2, -0.15) is 5.10 Å². The first-order valence-electron chi connectivity index (χ1n) is 8.06. The molecule has 130 valence electrons. The average Bonchev–Trinajstić information content (AvgIpc) is 2.93. The number of ether oxygens (including phenoxy) is 1. The van der Waals surface area contributed by atoms with Gasteiger partial charge in [-0.25, -0.2) is 0 Å². The molecular weight excluding hydrogens is 306 g/mol. The van der Waals surface area contributed by atoms with E-state index < -0.39 is 6.10 Å². The zero-order valence-corrected chi connectivity index (χ0v) is 14.6. The van der Waals surface area contributed by atoms with E-state index in [0.29, 0.717) is 11.4 Å². The monoisotopic (exact) mass is 331 g/mol. The molecule has 1 aromatic heterocycles. The van der Waals surface area contributed by atoms with Crippen molar-refractivity contribution in [2.75, 3.05) is 13.2 Å². The molecule has 1 aromatic carbocycles. The van der Waals surface area contributed by atoms with E-state index in [2.05, 4.69) is 10.4 Å². The zero-order valence-electron chi connectivity index (χ0n) is 14.6. The largest absolute Gasteiger partial charge is 0.491 e. The average molecular weight is 331 g/mol. The molecule has 6 nitrogen and oxygen atoms in total. The highest BCUT2D eigenvalue weighted by Crippen LogP contribution is 2.14. The number of hydrogen-bond acceptors (Lipinski definition) is 4. The topological polar surface area (TPSA) is 76.4 Å². The summed E-state index contributed by atoms with van der Waals surface area (Å²) in [6, 6.07) is 9.38. The second kappa shape index (κ2) is 7.97. The number of carbonyl (C=O) groups is 1. The minimum Gasteiger partial charge on any atom is -0.491 e. The van der Waals surface area contributed by atoms with Gasteiger partial charge in [0, 0.05) is 13.6 Å². The summed E-state index contributed by atoms with van der Waals surface area (Å²) in [5, 5.41) is 17.0. The number of rotatable bonds is 7. The lowest BCUT2D eigenvalue weighted by Gasteiger charge is -2.13. The van der Waals surface area contributed by atoms with Gasteiger partial charge < -0.3 is 15.2 Å². The number of carbonyl (C=O) groups excluding carboxylic acids is 1. The quantitative estimate of drug-likeness (QED) is 0.814. The third-order valence-corrected chi connectivity index (χ3v) is 3.65. The van der Waals surface area contributed by atoms with E-state index in [9.17, 15) is 9.90 Å². The van der Waals surface area contributed by atoms with Crippen molar-refractivity contribution < 1.29 is 14.6 Å². The van der Waals surface area contributed by atoms with E-state index in [1.807, 2.05) is 45.0 Å². The molecule has 1 heterocycles. The number of hydrogen-bond donors (Lipinski definition) is 2. The molecule has 24 heavy (non-hydrogen) atoms. The molecule has 0 bridgehead atoms. The van der Waals surface area contributed by atoms with E-state index in [0.717, 1.165) is 11.3 Å². The number of nitrogens with one attached hydrogen (secondary N) is 1. The lowest BCUT2D eigenvalue weighted by Crippen LogP contribution is -2.36. The van der Waals surface area contributed by atoms with Crippen molar-refractivity contribution in [2.45, 2.75) is 32.8 Å². The number of aryl methyl sites for hydroxylation is 2. The fraction of sp³-hybridized carbons (Fsp3) is 0.444. The van der Waals surface area contributed by atoms with Crippen LogP contribution in [0.2, 0.25) is 0 Å². The third kappa shape index (κ3) is 4.83. The SMILES string of the molecule is Cc1cccc(OCC(O)CNC(=O)c2cc(C(C)C)nn2C)c1. The number of aromatic nitrogens is 2. The minimum absolute atomic E-state index is 0.117. The van der Waals surface area contributed by atoms with Crippen LogP contribution in [-0.2, 0) is 7.05 Å². The van der Waals surface area contributed by atoms with Gasteiger partial charge in [0.15, 0.2) is 0 Å². The molecule has 0 aliphatic carbocycles. The summed E-state index contributed by atoms with van der Waals surface area (Å²) in [6.07, 6.45) is -0.785. The second-order valence-electron chi connectivity index (χ2n) is 6.22. The maximum absolute atomic E-state index is 12.2. The summed E-state index contributed by atoms with van der Waals surface area (Å²) in [5.41, 5.74) is 2.43. The van der Waals surface area contributed by atoms with Gasteiger partial charge in [0.25, 0.3) is 5.91 Å². The number of nitrogens with zero attached hydrogens (tertiary/aromatic N) is 2. The molecule has 0 aliphatic rings. The van der Waals surface area contributed by atoms with E-state index in [1.165, 1.54) is 0 Å². The smallest absolute Gasteiger partial charge is 0.269 e. The highest BCUT2D eigenvalue weighted by molar-refractivity contribution is 5.92. The lowest BCUT2D eigenvalue weighted by atomic mass is 10.1. The molecule has 2 N–H and O–H groups in total. The summed E-state index contributed by atoms with van der Waals surface area (Å²) in [6.45, 7) is 6.26. The maximum Gasteiger partial charge on any atom is 0.269 e. The third-order valence-electron chi connectivity index (χ3n) is 3.65. The summed E-state index contributed by atoms with van der Waals surface area (Å²) < 4.78 is 7.08. The first-order valence-corrected chi connectivity index (χ1v) is 8.06. The van der Waals surface area contributed by atoms with E-state index >= 15 is 0 Å². The zero-order chi connectivity index (χ0) is 17.7. The fourth-order valence-electron chi connectivity index (χ4n) is 2.24. The Balaban J connectivity index is 1.83. The van der Waals surface area contributed by atoms with Crippen molar-refractivity contribution in [1.29, 1.82) is 0 Å². The molecule has 2 rings (SSSR count). The summed E-state index contributed by atoms with van der Waals surface area (Å²) in [7, 11) is 1.73. The first-order chi connectivity index (χ1) is 11.4. The van der Waals surface area contributed by atoms with Crippen LogP contribution in [0.1, 0.15) is 41.5 Å². The van der Waals surface area contributed by atoms with Gasteiger partial charge in [0.05, 0.1) is 5.69 Å². The molecule has 0 fully saturated rings. The standard InChI is InChI=1S/C18H25N3O3/c1-12(2)16-9-17(21(4)20-16)18(23)19-10-14(22)11-24-15-7-5-6-13(3)8-15/h5-9,12,14,22H,10-11H2,1-4H3,(H,19,23). The van der Waals surface area contributed by atoms with E-state index in [1.54, 1.807) is 17.8 Å². The van der Waals surface area contributed by atoms with Crippen molar-refractivity contribution in [1.82, 2.24) is 15.1 Å². The Kier molecular flexibility index (Phi) is 5.98. The van der Waals surface area contributed by atoms with Gasteiger partial charge in [-0.15, -0.1) is 0 Å². The van der Waals surface area contributed by atoms with Crippen molar-refractivity contribution in [3.8, 4) is 5.75 Å². The van der Waals surface area contributed by atoms with Crippen LogP contribution >= 0.6 is 0 Å². The summed E-state index contributed by atoms with van der Waals surface area (Å²) >= 11 is 0. The van der Waals surface area contributed by atoms with Gasteiger partial charge in [0.1, 0.15) is 24.2 Å². The van der Waals surface area contributed by atoms with Crippen LogP contribution in [0.25, 0.3) is 0 Å². The highest BCUT2D eigenvalue weighted by Gasteiger charge is 2.16. The number of aliphatic hydroxyl groups excluding tert-OH is 1. The number of benzene rings is 1. The molecular formula is C18H25N3O3. The maximum atomic E-state index is 12.2. The van der Waals surface area contributed by atoms with E-state index in [-0.39, 0.29) is 25.0 Å². The molecule has 0 saturated heterocycles. The van der Waals surface area contributed by atoms with Gasteiger partial charge in [-0.1, -0.05) is 26.0 Å². The van der Waals surface area contributed by atoms with Gasteiger partial charge in [0.2, 0.25) is 0 Å². The second-order valence-corrected chi connectivity index (χ2v) is 6.22. The Hall–Kier alpha value is -2.34. The van der Waals surface area contributed by atoms with Crippen molar-refractivity contribution in [3.05, 3.63) is 47.3 Å². The van der Waals surface area contributed by atoms with Crippen molar-refractivity contribution >= 4 is 5.91 Å². The predicted molar refractivity (Wildman–Crippen MR) is 92.3 cm³/mol. The van der Waals surface area contributed by atoms with Gasteiger partial charge >= 0.3 is 0 Å². The molecule has 1 atom stereocenters. The van der Waals surface area contributed by atoms with Gasteiger partial charge in [-0.3, -0.25) is 9.48 Å². The first kappa shape index (κ1) is 18.0. The molecule has 1 unspecified atom stereocenters. The molecule has 0 aliphatic heterocycles. The Labute approximate surface area is 142 Å². The van der Waals surface area contributed by atoms with Crippen LogP contribution < -0.4 is 10.1 Å². The van der Waals surface area contributed by atoms with Crippen LogP contribution in [0, 0.1) is 6.92 Å². The lowest BCUT2D eigenvalue weighted by molar-refractivity contribution is 0.0836. The van der Waals surface area contributed by atoms with E-state index in [4.69, 9.17) is 4.74 Å². The Morgan fingerprint density at radius 1 is 1.38 bits per heavy atom. The molecule has 0 radical (unpaired) electrons. The number of aliphatic hydroxyl groups is 1. The summed E-state index contributed by atoms with van der Waals surface area (Å²) in [5.74, 6) is 0.700. The minimum atomic E-state index is -0.785. The van der Waals surface area contributed by atoms with Crippen molar-refractivity contribution in [3.63, 3.8) is 0 Å². The predicted octanol–water partition coefficient (Wildman–Crippen LogP) is 2.02.